The van der Waals surface area contributed by atoms with Gasteiger partial charge in [-0.15, -0.1) is 0 Å². The molecule has 1 saturated carbocycles. The van der Waals surface area contributed by atoms with Gasteiger partial charge >= 0.3 is 6.18 Å². The minimum Gasteiger partial charge on any atom is -0.493 e. The molecule has 2 atom stereocenters. The van der Waals surface area contributed by atoms with E-state index in [2.05, 4.69) is 5.32 Å². The van der Waals surface area contributed by atoms with E-state index in [9.17, 15) is 22.4 Å². The molecule has 0 bridgehead atoms. The number of ether oxygens (including phenoxy) is 2. The largest absolute Gasteiger partial charge is 0.493 e. The van der Waals surface area contributed by atoms with Crippen LogP contribution >= 0.6 is 0 Å². The van der Waals surface area contributed by atoms with Gasteiger partial charge in [0.25, 0.3) is 0 Å². The molecule has 27 heavy (non-hydrogen) atoms. The van der Waals surface area contributed by atoms with Crippen molar-refractivity contribution in [2.75, 3.05) is 19.5 Å². The third-order valence-electron chi connectivity index (χ3n) is 4.52. The summed E-state index contributed by atoms with van der Waals surface area (Å²) in [5.74, 6) is -2.08. The Bertz CT molecular complexity index is 867. The summed E-state index contributed by atoms with van der Waals surface area (Å²) in [6, 6.07) is 7.52. The van der Waals surface area contributed by atoms with Crippen LogP contribution in [0.3, 0.4) is 0 Å². The fourth-order valence-corrected chi connectivity index (χ4v) is 3.08. The van der Waals surface area contributed by atoms with Gasteiger partial charge in [-0.3, -0.25) is 4.79 Å². The Kier molecular flexibility index (Phi) is 4.99. The van der Waals surface area contributed by atoms with Gasteiger partial charge < -0.3 is 14.8 Å². The van der Waals surface area contributed by atoms with Crippen LogP contribution in [0.5, 0.6) is 11.5 Å². The fourth-order valence-electron chi connectivity index (χ4n) is 3.08. The van der Waals surface area contributed by atoms with E-state index >= 15 is 0 Å². The topological polar surface area (TPSA) is 47.6 Å². The predicted molar refractivity (Wildman–Crippen MR) is 90.4 cm³/mol. The first kappa shape index (κ1) is 19.0. The number of methoxy groups -OCH3 is 2. The zero-order valence-electron chi connectivity index (χ0n) is 14.6. The van der Waals surface area contributed by atoms with Crippen LogP contribution in [0.4, 0.5) is 23.2 Å². The third kappa shape index (κ3) is 3.84. The molecule has 3 rings (SSSR count). The molecule has 0 radical (unpaired) electrons. The fraction of sp³-hybridized carbons (Fsp3) is 0.316. The maximum atomic E-state index is 14.1. The average molecular weight is 383 g/mol. The molecule has 1 aliphatic carbocycles. The lowest BCUT2D eigenvalue weighted by molar-refractivity contribution is -0.138. The molecular formula is C19H17F4NO3. The van der Waals surface area contributed by atoms with Crippen LogP contribution in [-0.4, -0.2) is 20.1 Å². The van der Waals surface area contributed by atoms with Crippen molar-refractivity contribution in [3.05, 3.63) is 53.3 Å². The summed E-state index contributed by atoms with van der Waals surface area (Å²) in [6.07, 6.45) is -4.22. The standard InChI is InChI=1S/C19H17F4NO3/c1-26-16-8-14(20)15(9-17(16)27-2)24-18(25)12-7-11(12)10-5-3-4-6-13(10)19(21,22)23/h3-6,8-9,11-12H,7H2,1-2H3,(H,24,25). The maximum absolute atomic E-state index is 14.1. The molecule has 0 saturated heterocycles. The van der Waals surface area contributed by atoms with E-state index in [1.807, 2.05) is 0 Å². The van der Waals surface area contributed by atoms with Crippen molar-refractivity contribution in [3.8, 4) is 11.5 Å². The van der Waals surface area contributed by atoms with Gasteiger partial charge in [0.2, 0.25) is 5.91 Å². The number of alkyl halides is 3. The quantitative estimate of drug-likeness (QED) is 0.768. The minimum absolute atomic E-state index is 0.0814. The molecule has 0 aliphatic heterocycles. The highest BCUT2D eigenvalue weighted by Crippen LogP contribution is 2.51. The van der Waals surface area contributed by atoms with Crippen LogP contribution in [-0.2, 0) is 11.0 Å². The van der Waals surface area contributed by atoms with E-state index < -0.39 is 35.3 Å². The van der Waals surface area contributed by atoms with Gasteiger partial charge in [-0.2, -0.15) is 13.2 Å². The highest BCUT2D eigenvalue weighted by molar-refractivity contribution is 5.95. The Balaban J connectivity index is 1.77. The van der Waals surface area contributed by atoms with Gasteiger partial charge in [0.1, 0.15) is 0 Å². The molecule has 1 N–H and O–H groups in total. The van der Waals surface area contributed by atoms with Gasteiger partial charge in [0, 0.05) is 18.1 Å². The van der Waals surface area contributed by atoms with Crippen molar-refractivity contribution in [2.24, 2.45) is 5.92 Å². The van der Waals surface area contributed by atoms with Crippen LogP contribution in [0, 0.1) is 11.7 Å². The van der Waals surface area contributed by atoms with Crippen molar-refractivity contribution in [1.82, 2.24) is 0 Å². The Labute approximate surface area is 153 Å². The number of halogens is 4. The molecular weight excluding hydrogens is 366 g/mol. The smallest absolute Gasteiger partial charge is 0.416 e. The number of anilines is 1. The molecule has 8 heteroatoms. The molecule has 1 fully saturated rings. The lowest BCUT2D eigenvalue weighted by atomic mass is 10.0. The van der Waals surface area contributed by atoms with Crippen LogP contribution in [0.2, 0.25) is 0 Å². The van der Waals surface area contributed by atoms with E-state index in [4.69, 9.17) is 9.47 Å². The summed E-state index contributed by atoms with van der Waals surface area (Å²) in [7, 11) is 2.72. The van der Waals surface area contributed by atoms with Crippen molar-refractivity contribution >= 4 is 11.6 Å². The van der Waals surface area contributed by atoms with Crippen LogP contribution < -0.4 is 14.8 Å². The Morgan fingerprint density at radius 1 is 1.11 bits per heavy atom. The molecule has 0 aromatic heterocycles. The first-order valence-electron chi connectivity index (χ1n) is 8.14. The molecule has 144 valence electrons. The molecule has 4 nitrogen and oxygen atoms in total. The number of nitrogens with one attached hydrogen (secondary N) is 1. The summed E-state index contributed by atoms with van der Waals surface area (Å²) < 4.78 is 63.6. The van der Waals surface area contributed by atoms with E-state index in [0.29, 0.717) is 0 Å². The molecule has 2 aromatic rings. The second kappa shape index (κ2) is 7.09. The zero-order valence-corrected chi connectivity index (χ0v) is 14.6. The second-order valence-electron chi connectivity index (χ2n) is 6.21. The summed E-state index contributed by atoms with van der Waals surface area (Å²) >= 11 is 0. The number of hydrogen-bond donors (Lipinski definition) is 1. The van der Waals surface area contributed by atoms with Crippen molar-refractivity contribution in [2.45, 2.75) is 18.5 Å². The van der Waals surface area contributed by atoms with E-state index in [-0.39, 0.29) is 29.2 Å². The minimum atomic E-state index is -4.49. The molecule has 2 unspecified atom stereocenters. The zero-order chi connectivity index (χ0) is 19.8. The molecule has 0 heterocycles. The lowest BCUT2D eigenvalue weighted by Crippen LogP contribution is -2.16. The SMILES string of the molecule is COc1cc(F)c(NC(=O)C2CC2c2ccccc2C(F)(F)F)cc1OC. The summed E-state index contributed by atoms with van der Waals surface area (Å²) in [5.41, 5.74) is -0.784. The second-order valence-corrected chi connectivity index (χ2v) is 6.21. The number of amides is 1. The summed E-state index contributed by atoms with van der Waals surface area (Å²) in [4.78, 5) is 12.4. The average Bonchev–Trinajstić information content (AvgIpc) is 3.43. The Morgan fingerprint density at radius 3 is 2.37 bits per heavy atom. The maximum Gasteiger partial charge on any atom is 0.416 e. The lowest BCUT2D eigenvalue weighted by Gasteiger charge is -2.13. The van der Waals surface area contributed by atoms with Crippen LogP contribution in [0.15, 0.2) is 36.4 Å². The normalized spacial score (nSPS) is 18.7. The first-order chi connectivity index (χ1) is 12.8. The van der Waals surface area contributed by atoms with Gasteiger partial charge in [-0.25, -0.2) is 4.39 Å². The molecule has 1 amide bonds. The highest BCUT2D eigenvalue weighted by Gasteiger charge is 2.48. The number of hydrogen-bond acceptors (Lipinski definition) is 3. The Hall–Kier alpha value is -2.77. The summed E-state index contributed by atoms with van der Waals surface area (Å²) in [5, 5.41) is 2.43. The van der Waals surface area contributed by atoms with E-state index in [0.717, 1.165) is 12.1 Å². The summed E-state index contributed by atoms with van der Waals surface area (Å²) in [6.45, 7) is 0. The van der Waals surface area contributed by atoms with Gasteiger partial charge in [-0.1, -0.05) is 18.2 Å². The third-order valence-corrected chi connectivity index (χ3v) is 4.52. The molecule has 1 aliphatic rings. The van der Waals surface area contributed by atoms with Gasteiger partial charge in [0.05, 0.1) is 25.5 Å². The van der Waals surface area contributed by atoms with Crippen molar-refractivity contribution in [1.29, 1.82) is 0 Å². The van der Waals surface area contributed by atoms with Gasteiger partial charge in [-0.05, 0) is 24.0 Å². The molecule has 2 aromatic carbocycles. The monoisotopic (exact) mass is 383 g/mol. The van der Waals surface area contributed by atoms with Crippen LogP contribution in [0.1, 0.15) is 23.5 Å². The number of benzene rings is 2. The van der Waals surface area contributed by atoms with Gasteiger partial charge in [0.15, 0.2) is 17.3 Å². The Morgan fingerprint density at radius 2 is 1.74 bits per heavy atom. The number of carbonyl (C=O) groups is 1. The van der Waals surface area contributed by atoms with Crippen molar-refractivity contribution in [3.63, 3.8) is 0 Å². The highest BCUT2D eigenvalue weighted by atomic mass is 19.4. The van der Waals surface area contributed by atoms with E-state index in [1.165, 1.54) is 38.5 Å². The van der Waals surface area contributed by atoms with E-state index in [1.54, 1.807) is 0 Å². The van der Waals surface area contributed by atoms with Crippen LogP contribution in [0.25, 0.3) is 0 Å². The van der Waals surface area contributed by atoms with Crippen molar-refractivity contribution < 1.29 is 31.8 Å². The molecule has 0 spiro atoms. The number of rotatable bonds is 5. The predicted octanol–water partition coefficient (Wildman–Crippen LogP) is 4.60. The number of carbonyl (C=O) groups excluding carboxylic acids is 1. The first-order valence-corrected chi connectivity index (χ1v) is 8.14.